The molecule has 0 unspecified atom stereocenters. The van der Waals surface area contributed by atoms with E-state index < -0.39 is 44.9 Å². The second-order valence-corrected chi connectivity index (χ2v) is 10.7. The maximum atomic E-state index is 13.5. The van der Waals surface area contributed by atoms with Crippen molar-refractivity contribution >= 4 is 50.5 Å². The number of hydrogen-bond donors (Lipinski definition) is 2. The van der Waals surface area contributed by atoms with Crippen molar-refractivity contribution in [1.82, 2.24) is 5.43 Å². The number of carbonyl (C=O) groups excluding carboxylic acids is 2. The molecule has 206 valence electrons. The van der Waals surface area contributed by atoms with E-state index in [-0.39, 0.29) is 10.8 Å². The number of nitrogens with zero attached hydrogens (tertiary/aromatic N) is 2. The molecule has 2 N–H and O–H groups in total. The van der Waals surface area contributed by atoms with E-state index in [4.69, 9.17) is 11.6 Å². The number of hydrogen-bond acceptors (Lipinski definition) is 5. The van der Waals surface area contributed by atoms with Crippen LogP contribution >= 0.6 is 11.6 Å². The number of alkyl halides is 3. The van der Waals surface area contributed by atoms with Crippen LogP contribution in [0, 0.1) is 6.92 Å². The molecule has 3 aromatic carbocycles. The van der Waals surface area contributed by atoms with Crippen molar-refractivity contribution < 1.29 is 31.2 Å². The van der Waals surface area contributed by atoms with Crippen LogP contribution in [0.3, 0.4) is 0 Å². The molecule has 0 heterocycles. The summed E-state index contributed by atoms with van der Waals surface area (Å²) < 4.78 is 68.0. The highest BCUT2D eigenvalue weighted by Gasteiger charge is 2.35. The Morgan fingerprint density at radius 1 is 0.974 bits per heavy atom. The Morgan fingerprint density at radius 3 is 2.15 bits per heavy atom. The smallest absolute Gasteiger partial charge is 0.326 e. The standard InChI is InChI=1S/C26H24ClF3N4O4S/c1-16-4-11-22(12-5-16)39(37,38)34(21-10-13-24(27)23(14-21)26(28,29)30)15-25(36)33-32-17(2)19-6-8-20(9-7-19)31-18(3)35/h4-14H,15H2,1-3H3,(H,31,35)(H,33,36)/b32-17-. The van der Waals surface area contributed by atoms with Gasteiger partial charge in [0.1, 0.15) is 6.54 Å². The summed E-state index contributed by atoms with van der Waals surface area (Å²) in [6.45, 7) is 3.83. The zero-order valence-electron chi connectivity index (χ0n) is 21.0. The summed E-state index contributed by atoms with van der Waals surface area (Å²) in [5, 5.41) is 5.97. The lowest BCUT2D eigenvalue weighted by Crippen LogP contribution is -2.40. The first-order valence-corrected chi connectivity index (χ1v) is 13.2. The Hall–Kier alpha value is -3.90. The van der Waals surface area contributed by atoms with Crippen molar-refractivity contribution in [1.29, 1.82) is 0 Å². The Morgan fingerprint density at radius 2 is 1.59 bits per heavy atom. The zero-order valence-corrected chi connectivity index (χ0v) is 22.6. The summed E-state index contributed by atoms with van der Waals surface area (Å²) in [6, 6.07) is 14.8. The van der Waals surface area contributed by atoms with Crippen LogP contribution in [0.1, 0.15) is 30.5 Å². The molecule has 8 nitrogen and oxygen atoms in total. The van der Waals surface area contributed by atoms with Gasteiger partial charge in [0.15, 0.2) is 0 Å². The third-order valence-corrected chi connectivity index (χ3v) is 7.53. The normalized spacial score (nSPS) is 12.1. The van der Waals surface area contributed by atoms with Crippen molar-refractivity contribution in [3.8, 4) is 0 Å². The molecule has 0 aliphatic rings. The fourth-order valence-electron chi connectivity index (χ4n) is 3.41. The van der Waals surface area contributed by atoms with Gasteiger partial charge in [-0.25, -0.2) is 13.8 Å². The molecule has 0 saturated heterocycles. The van der Waals surface area contributed by atoms with Gasteiger partial charge in [0.05, 0.1) is 26.9 Å². The second kappa shape index (κ2) is 11.9. The highest BCUT2D eigenvalue weighted by Crippen LogP contribution is 2.38. The number of carbonyl (C=O) groups is 2. The lowest BCUT2D eigenvalue weighted by Gasteiger charge is -2.25. The van der Waals surface area contributed by atoms with Crippen LogP contribution in [0.4, 0.5) is 24.5 Å². The fourth-order valence-corrected chi connectivity index (χ4v) is 5.05. The third-order valence-electron chi connectivity index (χ3n) is 5.41. The van der Waals surface area contributed by atoms with Gasteiger partial charge in [-0.1, -0.05) is 41.4 Å². The van der Waals surface area contributed by atoms with E-state index in [2.05, 4.69) is 15.8 Å². The number of aryl methyl sites for hydroxylation is 1. The summed E-state index contributed by atoms with van der Waals surface area (Å²) >= 11 is 5.71. The van der Waals surface area contributed by atoms with Gasteiger partial charge in [-0.15, -0.1) is 0 Å². The van der Waals surface area contributed by atoms with Crippen LogP contribution in [0.25, 0.3) is 0 Å². The first-order valence-electron chi connectivity index (χ1n) is 11.4. The van der Waals surface area contributed by atoms with E-state index in [1.807, 2.05) is 0 Å². The SMILES string of the molecule is CC(=O)Nc1ccc(/C(C)=N\NC(=O)CN(c2ccc(Cl)c(C(F)(F)F)c2)S(=O)(=O)c2ccc(C)cc2)cc1. The second-order valence-electron chi connectivity index (χ2n) is 8.48. The van der Waals surface area contributed by atoms with E-state index >= 15 is 0 Å². The zero-order chi connectivity index (χ0) is 29.0. The molecule has 0 saturated carbocycles. The van der Waals surface area contributed by atoms with Crippen molar-refractivity contribution in [2.24, 2.45) is 5.10 Å². The lowest BCUT2D eigenvalue weighted by atomic mass is 10.1. The van der Waals surface area contributed by atoms with Crippen LogP contribution < -0.4 is 15.0 Å². The molecule has 0 radical (unpaired) electrons. The number of nitrogens with one attached hydrogen (secondary N) is 2. The molecule has 13 heteroatoms. The largest absolute Gasteiger partial charge is 0.417 e. The average molecular weight is 581 g/mol. The van der Waals surface area contributed by atoms with Gasteiger partial charge < -0.3 is 5.32 Å². The Bertz CT molecular complexity index is 1510. The average Bonchev–Trinajstić information content (AvgIpc) is 2.86. The molecule has 0 spiro atoms. The Balaban J connectivity index is 1.92. The number of hydrazone groups is 1. The van der Waals surface area contributed by atoms with Gasteiger partial charge >= 0.3 is 6.18 Å². The number of anilines is 2. The predicted molar refractivity (Wildman–Crippen MR) is 143 cm³/mol. The molecule has 39 heavy (non-hydrogen) atoms. The number of benzene rings is 3. The minimum absolute atomic E-state index is 0.219. The first-order chi connectivity index (χ1) is 18.2. The molecule has 0 bridgehead atoms. The van der Waals surface area contributed by atoms with Gasteiger partial charge in [0, 0.05) is 12.6 Å². The first kappa shape index (κ1) is 29.7. The molecule has 0 atom stereocenters. The highest BCUT2D eigenvalue weighted by atomic mass is 35.5. The quantitative estimate of drug-likeness (QED) is 0.276. The summed E-state index contributed by atoms with van der Waals surface area (Å²) in [4.78, 5) is 23.7. The molecule has 3 rings (SSSR count). The van der Waals surface area contributed by atoms with Gasteiger partial charge in [-0.05, 0) is 61.9 Å². The molecular weight excluding hydrogens is 557 g/mol. The predicted octanol–water partition coefficient (Wildman–Crippen LogP) is 5.36. The summed E-state index contributed by atoms with van der Waals surface area (Å²) in [5.74, 6) is -1.14. The van der Waals surface area contributed by atoms with Crippen molar-refractivity contribution in [2.45, 2.75) is 31.8 Å². The minimum Gasteiger partial charge on any atom is -0.326 e. The van der Waals surface area contributed by atoms with Crippen LogP contribution in [-0.2, 0) is 25.8 Å². The minimum atomic E-state index is -4.86. The summed E-state index contributed by atoms with van der Waals surface area (Å²) in [5.41, 5.74) is 2.86. The maximum Gasteiger partial charge on any atom is 0.417 e. The van der Waals surface area contributed by atoms with Gasteiger partial charge in [0.25, 0.3) is 15.9 Å². The maximum absolute atomic E-state index is 13.5. The number of amides is 2. The van der Waals surface area contributed by atoms with Crippen LogP contribution in [-0.4, -0.2) is 32.5 Å². The van der Waals surface area contributed by atoms with Crippen molar-refractivity contribution in [3.05, 3.63) is 88.4 Å². The van der Waals surface area contributed by atoms with Crippen molar-refractivity contribution in [2.75, 3.05) is 16.2 Å². The molecule has 0 aliphatic heterocycles. The number of halogens is 4. The number of rotatable bonds is 8. The molecule has 0 aliphatic carbocycles. The van der Waals surface area contributed by atoms with Gasteiger partial charge in [-0.3, -0.25) is 13.9 Å². The van der Waals surface area contributed by atoms with E-state index in [1.54, 1.807) is 38.1 Å². The molecule has 3 aromatic rings. The van der Waals surface area contributed by atoms with Gasteiger partial charge in [-0.2, -0.15) is 18.3 Å². The molecule has 0 fully saturated rings. The summed E-state index contributed by atoms with van der Waals surface area (Å²) in [6.07, 6.45) is -4.86. The van der Waals surface area contributed by atoms with Crippen LogP contribution in [0.5, 0.6) is 0 Å². The highest BCUT2D eigenvalue weighted by molar-refractivity contribution is 7.92. The van der Waals surface area contributed by atoms with Gasteiger partial charge in [0.2, 0.25) is 5.91 Å². The molecular formula is C26H24ClF3N4O4S. The fraction of sp³-hybridized carbons (Fsp3) is 0.192. The Labute approximate surface area is 228 Å². The topological polar surface area (TPSA) is 108 Å². The number of sulfonamides is 1. The van der Waals surface area contributed by atoms with E-state index in [0.29, 0.717) is 27.3 Å². The van der Waals surface area contributed by atoms with E-state index in [9.17, 15) is 31.2 Å². The Kier molecular flexibility index (Phi) is 9.03. The lowest BCUT2D eigenvalue weighted by molar-refractivity contribution is -0.137. The third kappa shape index (κ3) is 7.58. The summed E-state index contributed by atoms with van der Waals surface area (Å²) in [7, 11) is -4.47. The van der Waals surface area contributed by atoms with E-state index in [0.717, 1.165) is 17.7 Å². The van der Waals surface area contributed by atoms with Crippen molar-refractivity contribution in [3.63, 3.8) is 0 Å². The van der Waals surface area contributed by atoms with Crippen LogP contribution in [0.15, 0.2) is 76.7 Å². The molecule has 0 aromatic heterocycles. The monoisotopic (exact) mass is 580 g/mol. The van der Waals surface area contributed by atoms with E-state index in [1.165, 1.54) is 31.2 Å². The molecule has 2 amide bonds. The van der Waals surface area contributed by atoms with Crippen LogP contribution in [0.2, 0.25) is 5.02 Å².